The largest absolute Gasteiger partial charge is 0.390 e. The third-order valence-electron chi connectivity index (χ3n) is 2.48. The second-order valence-corrected chi connectivity index (χ2v) is 6.10. The first-order valence-electron chi connectivity index (χ1n) is 4.70. The molecule has 1 aliphatic rings. The minimum absolute atomic E-state index is 0.115. The molecule has 1 saturated heterocycles. The van der Waals surface area contributed by atoms with Gasteiger partial charge in [0.05, 0.1) is 6.10 Å². The van der Waals surface area contributed by atoms with Gasteiger partial charge < -0.3 is 15.5 Å². The molecule has 0 aliphatic carbocycles. The zero-order valence-electron chi connectivity index (χ0n) is 8.45. The van der Waals surface area contributed by atoms with Crippen LogP contribution in [0.25, 0.3) is 0 Å². The molecule has 4 N–H and O–H groups in total. The summed E-state index contributed by atoms with van der Waals surface area (Å²) in [5.41, 5.74) is 0. The van der Waals surface area contributed by atoms with E-state index in [0.29, 0.717) is 6.54 Å². The van der Waals surface area contributed by atoms with Crippen LogP contribution in [0.15, 0.2) is 0 Å². The molecule has 0 radical (unpaired) electrons. The summed E-state index contributed by atoms with van der Waals surface area (Å²) in [4.78, 5) is 11.3. The van der Waals surface area contributed by atoms with E-state index in [0.717, 1.165) is 0 Å². The van der Waals surface area contributed by atoms with Crippen molar-refractivity contribution in [3.05, 3.63) is 0 Å². The molecule has 8 heteroatoms. The lowest BCUT2D eigenvalue weighted by Crippen LogP contribution is -2.64. The number of piperidine rings is 1. The fourth-order valence-corrected chi connectivity index (χ4v) is 1.61. The van der Waals surface area contributed by atoms with Gasteiger partial charge in [-0.2, -0.15) is 0 Å². The highest BCUT2D eigenvalue weighted by atomic mass is 35.6. The Kier molecular flexibility index (Phi) is 4.68. The van der Waals surface area contributed by atoms with Crippen LogP contribution < -0.4 is 10.6 Å². The van der Waals surface area contributed by atoms with Crippen molar-refractivity contribution in [2.45, 2.75) is 29.1 Å². The van der Waals surface area contributed by atoms with Gasteiger partial charge in [-0.1, -0.05) is 41.7 Å². The molecule has 0 spiro atoms. The second-order valence-electron chi connectivity index (χ2n) is 3.82. The van der Waals surface area contributed by atoms with Crippen LogP contribution in [0.2, 0.25) is 0 Å². The van der Waals surface area contributed by atoms with Crippen LogP contribution in [-0.2, 0) is 4.79 Å². The fraction of sp³-hybridized carbons (Fsp3) is 0.875. The monoisotopic (exact) mass is 290 g/mol. The predicted octanol–water partition coefficient (Wildman–Crippen LogP) is -0.240. The smallest absolute Gasteiger partial charge is 0.273 e. The summed E-state index contributed by atoms with van der Waals surface area (Å²) in [6, 6.07) is 0. The van der Waals surface area contributed by atoms with Crippen molar-refractivity contribution in [1.29, 1.82) is 0 Å². The maximum absolute atomic E-state index is 11.3. The first-order chi connectivity index (χ1) is 7.23. The van der Waals surface area contributed by atoms with E-state index < -0.39 is 28.1 Å². The van der Waals surface area contributed by atoms with Crippen LogP contribution in [0.1, 0.15) is 6.92 Å². The van der Waals surface area contributed by atoms with Gasteiger partial charge >= 0.3 is 0 Å². The predicted molar refractivity (Wildman–Crippen MR) is 61.4 cm³/mol. The van der Waals surface area contributed by atoms with Gasteiger partial charge in [0.1, 0.15) is 12.3 Å². The Balaban J connectivity index is 2.59. The van der Waals surface area contributed by atoms with Crippen molar-refractivity contribution >= 4 is 40.7 Å². The third-order valence-corrected chi connectivity index (χ3v) is 2.99. The van der Waals surface area contributed by atoms with Gasteiger partial charge in [-0.15, -0.1) is 0 Å². The molecule has 1 heterocycles. The van der Waals surface area contributed by atoms with Crippen molar-refractivity contribution in [2.75, 3.05) is 6.54 Å². The van der Waals surface area contributed by atoms with Gasteiger partial charge in [0.15, 0.2) is 0 Å². The summed E-state index contributed by atoms with van der Waals surface area (Å²) in [6.07, 6.45) is -2.89. The third kappa shape index (κ3) is 3.35. The highest BCUT2D eigenvalue weighted by Crippen LogP contribution is 2.26. The average molecular weight is 292 g/mol. The molecule has 0 aromatic heterocycles. The summed E-state index contributed by atoms with van der Waals surface area (Å²) in [7, 11) is 0. The van der Waals surface area contributed by atoms with E-state index in [9.17, 15) is 15.0 Å². The van der Waals surface area contributed by atoms with E-state index in [1.54, 1.807) is 6.92 Å². The maximum Gasteiger partial charge on any atom is 0.273 e. The molecule has 0 saturated carbocycles. The highest BCUT2D eigenvalue weighted by Gasteiger charge is 2.39. The molecule has 1 rings (SSSR count). The van der Waals surface area contributed by atoms with E-state index in [1.165, 1.54) is 0 Å². The van der Waals surface area contributed by atoms with Crippen LogP contribution >= 0.6 is 34.8 Å². The Morgan fingerprint density at radius 2 is 1.94 bits per heavy atom. The standard InChI is InChI=1S/C8H13Cl3N2O3/c1-3-2-12-6(5(15)4(3)14)13-7(16)8(9,10)11/h3-6,12,14-15H,2H2,1H3,(H,13,16)/t3?,4-,5-,6+/m1/s1. The number of carbonyl (C=O) groups excluding carboxylic acids is 1. The Morgan fingerprint density at radius 3 is 2.44 bits per heavy atom. The number of alkyl halides is 3. The molecule has 1 amide bonds. The lowest BCUT2D eigenvalue weighted by atomic mass is 9.93. The summed E-state index contributed by atoms with van der Waals surface area (Å²) in [5, 5.41) is 24.4. The number of nitrogens with one attached hydrogen (secondary N) is 2. The van der Waals surface area contributed by atoms with Crippen molar-refractivity contribution in [3.8, 4) is 0 Å². The summed E-state index contributed by atoms with van der Waals surface area (Å²) < 4.78 is -2.09. The lowest BCUT2D eigenvalue weighted by molar-refractivity contribution is -0.125. The average Bonchev–Trinajstić information content (AvgIpc) is 2.17. The molecular weight excluding hydrogens is 278 g/mol. The van der Waals surface area contributed by atoms with Gasteiger partial charge in [-0.3, -0.25) is 10.1 Å². The number of aliphatic hydroxyl groups excluding tert-OH is 2. The highest BCUT2D eigenvalue weighted by molar-refractivity contribution is 6.76. The lowest BCUT2D eigenvalue weighted by Gasteiger charge is -2.37. The zero-order valence-corrected chi connectivity index (χ0v) is 10.7. The molecular formula is C8H13Cl3N2O3. The molecule has 1 fully saturated rings. The summed E-state index contributed by atoms with van der Waals surface area (Å²) >= 11 is 16.1. The molecule has 4 atom stereocenters. The SMILES string of the molecule is CC1CN[C@@H](NC(=O)C(Cl)(Cl)Cl)[C@H](O)[C@@H]1O. The molecule has 94 valence electrons. The number of hydrogen-bond acceptors (Lipinski definition) is 4. The van der Waals surface area contributed by atoms with Crippen LogP contribution in [0.3, 0.4) is 0 Å². The van der Waals surface area contributed by atoms with Crippen LogP contribution in [-0.4, -0.2) is 44.8 Å². The first kappa shape index (κ1) is 14.3. The molecule has 0 aromatic carbocycles. The van der Waals surface area contributed by atoms with Gasteiger partial charge in [-0.05, 0) is 5.92 Å². The van der Waals surface area contributed by atoms with Crippen LogP contribution in [0.5, 0.6) is 0 Å². The summed E-state index contributed by atoms with van der Waals surface area (Å²) in [6.45, 7) is 2.22. The molecule has 1 aliphatic heterocycles. The Morgan fingerprint density at radius 1 is 1.38 bits per heavy atom. The Labute approximate surface area is 108 Å². The van der Waals surface area contributed by atoms with Crippen molar-refractivity contribution in [1.82, 2.24) is 10.6 Å². The first-order valence-corrected chi connectivity index (χ1v) is 5.84. The van der Waals surface area contributed by atoms with Gasteiger partial charge in [-0.25, -0.2) is 0 Å². The normalized spacial score (nSPS) is 35.9. The molecule has 5 nitrogen and oxygen atoms in total. The van der Waals surface area contributed by atoms with E-state index in [-0.39, 0.29) is 5.92 Å². The number of rotatable bonds is 1. The number of halogens is 3. The molecule has 0 aromatic rings. The summed E-state index contributed by atoms with van der Waals surface area (Å²) in [5.74, 6) is -0.966. The van der Waals surface area contributed by atoms with E-state index in [1.807, 2.05) is 0 Å². The Bertz CT molecular complexity index is 272. The Hall–Kier alpha value is 0.220. The van der Waals surface area contributed by atoms with E-state index >= 15 is 0 Å². The molecule has 1 unspecified atom stereocenters. The van der Waals surface area contributed by atoms with Gasteiger partial charge in [0.2, 0.25) is 0 Å². The van der Waals surface area contributed by atoms with Gasteiger partial charge in [0, 0.05) is 6.54 Å². The van der Waals surface area contributed by atoms with Crippen LogP contribution in [0, 0.1) is 5.92 Å². The van der Waals surface area contributed by atoms with E-state index in [2.05, 4.69) is 10.6 Å². The maximum atomic E-state index is 11.3. The zero-order chi connectivity index (χ0) is 12.5. The van der Waals surface area contributed by atoms with Crippen molar-refractivity contribution < 1.29 is 15.0 Å². The number of amides is 1. The minimum atomic E-state index is -2.09. The van der Waals surface area contributed by atoms with Gasteiger partial charge in [0.25, 0.3) is 9.70 Å². The van der Waals surface area contributed by atoms with Crippen molar-refractivity contribution in [3.63, 3.8) is 0 Å². The minimum Gasteiger partial charge on any atom is -0.390 e. The number of hydrogen-bond donors (Lipinski definition) is 4. The van der Waals surface area contributed by atoms with Crippen LogP contribution in [0.4, 0.5) is 0 Å². The topological polar surface area (TPSA) is 81.6 Å². The second kappa shape index (κ2) is 5.25. The molecule has 0 bridgehead atoms. The quantitative estimate of drug-likeness (QED) is 0.503. The number of carbonyl (C=O) groups is 1. The number of aliphatic hydroxyl groups is 2. The van der Waals surface area contributed by atoms with Crippen molar-refractivity contribution in [2.24, 2.45) is 5.92 Å². The van der Waals surface area contributed by atoms with E-state index in [4.69, 9.17) is 34.8 Å². The fourth-order valence-electron chi connectivity index (χ4n) is 1.45. The molecule has 16 heavy (non-hydrogen) atoms.